The lowest BCUT2D eigenvalue weighted by atomic mass is 10.2. The second-order valence-electron chi connectivity index (χ2n) is 2.92. The summed E-state index contributed by atoms with van der Waals surface area (Å²) in [5, 5.41) is 0. The average molecular weight is 200 g/mol. The normalized spacial score (nSPS) is 12.5. The van der Waals surface area contributed by atoms with E-state index in [9.17, 15) is 9.59 Å². The van der Waals surface area contributed by atoms with Crippen molar-refractivity contribution in [3.05, 3.63) is 12.2 Å². The largest absolute Gasteiger partial charge is 0.466 e. The van der Waals surface area contributed by atoms with Gasteiger partial charge in [-0.05, 0) is 19.8 Å². The average Bonchev–Trinajstić information content (AvgIpc) is 2.10. The molecule has 0 radical (unpaired) electrons. The molecule has 14 heavy (non-hydrogen) atoms. The highest BCUT2D eigenvalue weighted by Gasteiger charge is 2.03. The van der Waals surface area contributed by atoms with Gasteiger partial charge in [0, 0.05) is 13.0 Å². The molecule has 0 aliphatic carbocycles. The molecule has 0 fully saturated rings. The third-order valence-electron chi connectivity index (χ3n) is 1.56. The number of esters is 2. The van der Waals surface area contributed by atoms with Crippen LogP contribution >= 0.6 is 0 Å². The predicted octanol–water partition coefficient (Wildman–Crippen LogP) is 1.45. The maximum atomic E-state index is 10.6. The summed E-state index contributed by atoms with van der Waals surface area (Å²) in [6.07, 6.45) is 4.33. The minimum atomic E-state index is -0.370. The number of carbonyl (C=O) groups excluding carboxylic acids is 2. The molecule has 0 bridgehead atoms. The molecular weight excluding hydrogens is 184 g/mol. The molecule has 0 heterocycles. The maximum Gasteiger partial charge on any atom is 0.330 e. The number of allylic oxidation sites excluding steroid dienone is 1. The van der Waals surface area contributed by atoms with E-state index in [0.717, 1.165) is 0 Å². The molecule has 4 heteroatoms. The Hall–Kier alpha value is -1.32. The van der Waals surface area contributed by atoms with Crippen LogP contribution in [0, 0.1) is 0 Å². The molecule has 80 valence electrons. The van der Waals surface area contributed by atoms with Crippen LogP contribution in [0.2, 0.25) is 0 Å². The Bertz CT molecular complexity index is 220. The summed E-state index contributed by atoms with van der Waals surface area (Å²) in [7, 11) is 1.33. The molecule has 0 amide bonds. The van der Waals surface area contributed by atoms with Crippen LogP contribution in [0.4, 0.5) is 0 Å². The van der Waals surface area contributed by atoms with Crippen LogP contribution in [0.15, 0.2) is 12.2 Å². The summed E-state index contributed by atoms with van der Waals surface area (Å²) in [5.41, 5.74) is 0. The quantitative estimate of drug-likeness (QED) is 0.498. The molecule has 0 saturated carbocycles. The smallest absolute Gasteiger partial charge is 0.330 e. The Labute approximate surface area is 83.9 Å². The zero-order valence-electron chi connectivity index (χ0n) is 8.78. The predicted molar refractivity (Wildman–Crippen MR) is 51.6 cm³/mol. The van der Waals surface area contributed by atoms with E-state index < -0.39 is 0 Å². The highest BCUT2D eigenvalue weighted by Crippen LogP contribution is 2.02. The van der Waals surface area contributed by atoms with Crippen LogP contribution in [-0.2, 0) is 19.1 Å². The van der Waals surface area contributed by atoms with Crippen LogP contribution in [0.3, 0.4) is 0 Å². The summed E-state index contributed by atoms with van der Waals surface area (Å²) >= 11 is 0. The van der Waals surface area contributed by atoms with Crippen LogP contribution < -0.4 is 0 Å². The number of hydrogen-bond donors (Lipinski definition) is 0. The summed E-state index contributed by atoms with van der Waals surface area (Å²) < 4.78 is 9.31. The number of carbonyl (C=O) groups is 2. The van der Waals surface area contributed by atoms with Gasteiger partial charge in [-0.25, -0.2) is 4.79 Å². The first-order valence-corrected chi connectivity index (χ1v) is 4.48. The van der Waals surface area contributed by atoms with Crippen LogP contribution in [0.1, 0.15) is 26.7 Å². The second kappa shape index (κ2) is 7.12. The van der Waals surface area contributed by atoms with E-state index in [1.165, 1.54) is 20.1 Å². The highest BCUT2D eigenvalue weighted by molar-refractivity contribution is 5.81. The second-order valence-corrected chi connectivity index (χ2v) is 2.92. The fourth-order valence-corrected chi connectivity index (χ4v) is 0.921. The molecule has 0 rings (SSSR count). The topological polar surface area (TPSA) is 52.6 Å². The number of methoxy groups -OCH3 is 1. The third kappa shape index (κ3) is 7.34. The number of ether oxygens (including phenoxy) is 2. The number of hydrogen-bond acceptors (Lipinski definition) is 4. The molecule has 0 aromatic rings. The Morgan fingerprint density at radius 1 is 1.43 bits per heavy atom. The van der Waals surface area contributed by atoms with E-state index in [-0.39, 0.29) is 18.0 Å². The molecule has 0 N–H and O–H groups in total. The molecule has 0 aliphatic rings. The van der Waals surface area contributed by atoms with Gasteiger partial charge in [0.25, 0.3) is 0 Å². The van der Waals surface area contributed by atoms with E-state index in [1.54, 1.807) is 6.08 Å². The molecule has 0 aliphatic heterocycles. The van der Waals surface area contributed by atoms with Crippen molar-refractivity contribution in [2.24, 2.45) is 0 Å². The standard InChI is InChI=1S/C10H16O4/c1-8(14-9(2)11)6-4-5-7-10(12)13-3/h5,7-8H,4,6H2,1-3H3/b7-5+. The van der Waals surface area contributed by atoms with Crippen molar-refractivity contribution >= 4 is 11.9 Å². The van der Waals surface area contributed by atoms with Crippen molar-refractivity contribution in [1.29, 1.82) is 0 Å². The van der Waals surface area contributed by atoms with Gasteiger partial charge < -0.3 is 9.47 Å². The summed E-state index contributed by atoms with van der Waals surface area (Å²) in [6, 6.07) is 0. The molecule has 0 aromatic carbocycles. The number of rotatable bonds is 5. The lowest BCUT2D eigenvalue weighted by Crippen LogP contribution is -2.11. The van der Waals surface area contributed by atoms with Gasteiger partial charge in [-0.15, -0.1) is 0 Å². The summed E-state index contributed by atoms with van der Waals surface area (Å²) in [6.45, 7) is 3.19. The fraction of sp³-hybridized carbons (Fsp3) is 0.600. The SMILES string of the molecule is COC(=O)/C=C/CCC(C)OC(C)=O. The summed E-state index contributed by atoms with van der Waals surface area (Å²) in [4.78, 5) is 21.2. The van der Waals surface area contributed by atoms with Gasteiger partial charge in [0.05, 0.1) is 13.2 Å². The Morgan fingerprint density at radius 2 is 2.07 bits per heavy atom. The van der Waals surface area contributed by atoms with E-state index in [0.29, 0.717) is 12.8 Å². The van der Waals surface area contributed by atoms with Gasteiger partial charge in [0.15, 0.2) is 0 Å². The third-order valence-corrected chi connectivity index (χ3v) is 1.56. The Balaban J connectivity index is 3.58. The fourth-order valence-electron chi connectivity index (χ4n) is 0.921. The van der Waals surface area contributed by atoms with Crippen molar-refractivity contribution < 1.29 is 19.1 Å². The highest BCUT2D eigenvalue weighted by atomic mass is 16.5. The van der Waals surface area contributed by atoms with Crippen molar-refractivity contribution in [3.8, 4) is 0 Å². The molecule has 0 aromatic heterocycles. The molecule has 0 saturated heterocycles. The van der Waals surface area contributed by atoms with E-state index in [1.807, 2.05) is 6.92 Å². The van der Waals surface area contributed by atoms with Gasteiger partial charge in [0.1, 0.15) is 0 Å². The van der Waals surface area contributed by atoms with Crippen molar-refractivity contribution in [3.63, 3.8) is 0 Å². The first kappa shape index (κ1) is 12.7. The first-order chi connectivity index (χ1) is 6.56. The van der Waals surface area contributed by atoms with Gasteiger partial charge >= 0.3 is 11.9 Å². The lowest BCUT2D eigenvalue weighted by molar-refractivity contribution is -0.145. The molecule has 4 nitrogen and oxygen atoms in total. The molecule has 0 spiro atoms. The van der Waals surface area contributed by atoms with Crippen LogP contribution in [0.5, 0.6) is 0 Å². The monoisotopic (exact) mass is 200 g/mol. The molecule has 1 unspecified atom stereocenters. The molecular formula is C10H16O4. The van der Waals surface area contributed by atoms with E-state index in [4.69, 9.17) is 4.74 Å². The zero-order chi connectivity index (χ0) is 11.0. The van der Waals surface area contributed by atoms with Crippen molar-refractivity contribution in [1.82, 2.24) is 0 Å². The minimum absolute atomic E-state index is 0.116. The van der Waals surface area contributed by atoms with Gasteiger partial charge in [-0.3, -0.25) is 4.79 Å². The van der Waals surface area contributed by atoms with Crippen LogP contribution in [0.25, 0.3) is 0 Å². The minimum Gasteiger partial charge on any atom is -0.466 e. The van der Waals surface area contributed by atoms with Crippen LogP contribution in [-0.4, -0.2) is 25.2 Å². The first-order valence-electron chi connectivity index (χ1n) is 4.48. The van der Waals surface area contributed by atoms with Gasteiger partial charge in [0.2, 0.25) is 0 Å². The Morgan fingerprint density at radius 3 is 2.57 bits per heavy atom. The summed E-state index contributed by atoms with van der Waals surface area (Å²) in [5.74, 6) is -0.653. The Kier molecular flexibility index (Phi) is 6.45. The maximum absolute atomic E-state index is 10.6. The zero-order valence-corrected chi connectivity index (χ0v) is 8.78. The van der Waals surface area contributed by atoms with Crippen molar-refractivity contribution in [2.75, 3.05) is 7.11 Å². The lowest BCUT2D eigenvalue weighted by Gasteiger charge is -2.09. The van der Waals surface area contributed by atoms with Gasteiger partial charge in [-0.2, -0.15) is 0 Å². The van der Waals surface area contributed by atoms with E-state index >= 15 is 0 Å². The van der Waals surface area contributed by atoms with Crippen molar-refractivity contribution in [2.45, 2.75) is 32.8 Å². The van der Waals surface area contributed by atoms with E-state index in [2.05, 4.69) is 4.74 Å². The molecule has 1 atom stereocenters. The van der Waals surface area contributed by atoms with Gasteiger partial charge in [-0.1, -0.05) is 6.08 Å².